The van der Waals surface area contributed by atoms with E-state index in [9.17, 15) is 13.2 Å². The van der Waals surface area contributed by atoms with Crippen molar-refractivity contribution in [2.75, 3.05) is 25.4 Å². The predicted molar refractivity (Wildman–Crippen MR) is 94.0 cm³/mol. The van der Waals surface area contributed by atoms with Crippen molar-refractivity contribution in [1.29, 1.82) is 0 Å². The first-order valence-corrected chi connectivity index (χ1v) is 9.08. The number of alkyl halides is 3. The highest BCUT2D eigenvalue weighted by atomic mass is 35.5. The van der Waals surface area contributed by atoms with Gasteiger partial charge in [0.1, 0.15) is 17.6 Å². The number of benzene rings is 1. The average molecular weight is 434 g/mol. The van der Waals surface area contributed by atoms with Crippen molar-refractivity contribution in [3.05, 3.63) is 27.0 Å². The molecule has 1 aromatic carbocycles. The van der Waals surface area contributed by atoms with Gasteiger partial charge in [-0.1, -0.05) is 46.6 Å². The Bertz CT molecular complexity index is 840. The molecule has 0 saturated carbocycles. The molecule has 0 saturated heterocycles. The molecule has 5 nitrogen and oxygen atoms in total. The molecule has 2 aromatic rings. The molecule has 1 aliphatic rings. The Morgan fingerprint density at radius 2 is 2.04 bits per heavy atom. The summed E-state index contributed by atoms with van der Waals surface area (Å²) in [5.74, 6) is -0.388. The number of fused-ring (bicyclic) bond motifs is 1. The number of amidine groups is 1. The van der Waals surface area contributed by atoms with E-state index in [2.05, 4.69) is 15.3 Å². The van der Waals surface area contributed by atoms with Gasteiger partial charge in [-0.2, -0.15) is 17.9 Å². The maximum Gasteiger partial charge on any atom is 0.453 e. The zero-order valence-corrected chi connectivity index (χ0v) is 15.4. The molecule has 0 radical (unpaired) electrons. The quantitative estimate of drug-likeness (QED) is 0.582. The fourth-order valence-electron chi connectivity index (χ4n) is 2.16. The zero-order chi connectivity index (χ0) is 18.2. The van der Waals surface area contributed by atoms with Gasteiger partial charge in [-0.05, 0) is 6.07 Å². The molecule has 1 aliphatic heterocycles. The third-order valence-electron chi connectivity index (χ3n) is 3.17. The van der Waals surface area contributed by atoms with Crippen LogP contribution in [0.15, 0.2) is 11.1 Å². The number of halogens is 6. The summed E-state index contributed by atoms with van der Waals surface area (Å²) in [5.41, 5.74) is -0.258. The summed E-state index contributed by atoms with van der Waals surface area (Å²) in [6.45, 7) is 0.897. The van der Waals surface area contributed by atoms with Crippen LogP contribution in [0.1, 0.15) is 5.82 Å². The number of hydrogen-bond donors (Lipinski definition) is 1. The second kappa shape index (κ2) is 7.30. The van der Waals surface area contributed by atoms with Crippen LogP contribution in [0.4, 0.5) is 13.2 Å². The Balaban J connectivity index is 1.91. The maximum atomic E-state index is 13.3. The lowest BCUT2D eigenvalue weighted by Gasteiger charge is -2.14. The van der Waals surface area contributed by atoms with Crippen LogP contribution in [0.2, 0.25) is 15.1 Å². The molecule has 12 heteroatoms. The van der Waals surface area contributed by atoms with Gasteiger partial charge in [0.05, 0.1) is 28.2 Å². The SMILES string of the molecule is FC(F)(F)c1nc2c(Cl)cc(Cl)c(Cl)c2n1OCCNC1=NCCS1. The van der Waals surface area contributed by atoms with Crippen molar-refractivity contribution >= 4 is 62.8 Å². The van der Waals surface area contributed by atoms with Crippen LogP contribution in [0.3, 0.4) is 0 Å². The predicted octanol–water partition coefficient (Wildman–Crippen LogP) is 4.14. The van der Waals surface area contributed by atoms with Gasteiger partial charge in [0.2, 0.25) is 0 Å². The van der Waals surface area contributed by atoms with Gasteiger partial charge in [-0.15, -0.1) is 0 Å². The molecule has 1 aromatic heterocycles. The van der Waals surface area contributed by atoms with E-state index in [4.69, 9.17) is 39.6 Å². The molecule has 0 spiro atoms. The number of rotatable bonds is 4. The smallest absolute Gasteiger partial charge is 0.410 e. The number of aliphatic imine (C=N–C) groups is 1. The van der Waals surface area contributed by atoms with Gasteiger partial charge in [0.25, 0.3) is 5.82 Å². The Hall–Kier alpha value is -1.03. The molecule has 25 heavy (non-hydrogen) atoms. The first-order valence-electron chi connectivity index (χ1n) is 6.96. The minimum Gasteiger partial charge on any atom is -0.410 e. The first-order chi connectivity index (χ1) is 11.8. The molecule has 136 valence electrons. The number of nitrogens with one attached hydrogen (secondary N) is 1. The van der Waals surface area contributed by atoms with Crippen LogP contribution in [-0.4, -0.2) is 40.3 Å². The van der Waals surface area contributed by atoms with E-state index in [1.165, 1.54) is 17.8 Å². The van der Waals surface area contributed by atoms with Crippen LogP contribution < -0.4 is 10.2 Å². The van der Waals surface area contributed by atoms with Gasteiger partial charge in [0.15, 0.2) is 5.17 Å². The summed E-state index contributed by atoms with van der Waals surface area (Å²) in [7, 11) is 0. The van der Waals surface area contributed by atoms with E-state index in [-0.39, 0.29) is 39.3 Å². The van der Waals surface area contributed by atoms with Crippen molar-refractivity contribution < 1.29 is 18.0 Å². The third kappa shape index (κ3) is 3.89. The fourth-order valence-corrected chi connectivity index (χ4v) is 3.64. The van der Waals surface area contributed by atoms with E-state index >= 15 is 0 Å². The van der Waals surface area contributed by atoms with E-state index in [0.29, 0.717) is 11.3 Å². The van der Waals surface area contributed by atoms with Crippen LogP contribution >= 0.6 is 46.6 Å². The maximum absolute atomic E-state index is 13.3. The Labute approximate surface area is 159 Å². The van der Waals surface area contributed by atoms with Crippen molar-refractivity contribution in [2.45, 2.75) is 6.18 Å². The minimum atomic E-state index is -4.75. The molecule has 1 N–H and O–H groups in total. The molecule has 0 atom stereocenters. The van der Waals surface area contributed by atoms with Gasteiger partial charge in [-0.3, -0.25) is 4.99 Å². The van der Waals surface area contributed by atoms with Crippen LogP contribution in [-0.2, 0) is 6.18 Å². The molecule has 0 amide bonds. The molecule has 0 unspecified atom stereocenters. The largest absolute Gasteiger partial charge is 0.453 e. The molecule has 0 aliphatic carbocycles. The highest BCUT2D eigenvalue weighted by Gasteiger charge is 2.40. The Morgan fingerprint density at radius 1 is 1.28 bits per heavy atom. The lowest BCUT2D eigenvalue weighted by molar-refractivity contribution is -0.154. The van der Waals surface area contributed by atoms with E-state index in [1.807, 2.05) is 0 Å². The van der Waals surface area contributed by atoms with Crippen LogP contribution in [0, 0.1) is 0 Å². The number of hydrogen-bond acceptors (Lipinski definition) is 5. The highest BCUT2D eigenvalue weighted by Crippen LogP contribution is 2.39. The summed E-state index contributed by atoms with van der Waals surface area (Å²) < 4.78 is 40.4. The van der Waals surface area contributed by atoms with E-state index in [0.717, 1.165) is 10.9 Å². The second-order valence-corrected chi connectivity index (χ2v) is 7.15. The zero-order valence-electron chi connectivity index (χ0n) is 12.3. The second-order valence-electron chi connectivity index (χ2n) is 4.87. The number of thioether (sulfide) groups is 1. The molecule has 0 fully saturated rings. The topological polar surface area (TPSA) is 51.4 Å². The monoisotopic (exact) mass is 432 g/mol. The average Bonchev–Trinajstić information content (AvgIpc) is 3.16. The van der Waals surface area contributed by atoms with Gasteiger partial charge in [0, 0.05) is 5.75 Å². The number of aromatic nitrogens is 2. The summed E-state index contributed by atoms with van der Waals surface area (Å²) >= 11 is 19.4. The van der Waals surface area contributed by atoms with Gasteiger partial charge < -0.3 is 10.2 Å². The van der Waals surface area contributed by atoms with Crippen LogP contribution in [0.5, 0.6) is 0 Å². The lowest BCUT2D eigenvalue weighted by Crippen LogP contribution is -2.29. The standard InChI is InChI=1S/C13H10Cl3F3N4OS/c14-6-5-7(15)9-10(8(6)16)23(11(22-9)13(17,18)19)24-3-1-20-12-21-2-4-25-12/h5H,1-4H2,(H,20,21). The number of imidazole rings is 1. The minimum absolute atomic E-state index is 0.00692. The van der Waals surface area contributed by atoms with Gasteiger partial charge >= 0.3 is 6.18 Å². The molecular formula is C13H10Cl3F3N4OS. The van der Waals surface area contributed by atoms with E-state index < -0.39 is 12.0 Å². The van der Waals surface area contributed by atoms with Gasteiger partial charge in [-0.25, -0.2) is 4.98 Å². The Morgan fingerprint density at radius 3 is 2.68 bits per heavy atom. The lowest BCUT2D eigenvalue weighted by atomic mass is 10.3. The number of nitrogens with zero attached hydrogens (tertiary/aromatic N) is 3. The first kappa shape index (κ1) is 18.8. The summed E-state index contributed by atoms with van der Waals surface area (Å²) in [6, 6.07) is 1.24. The normalized spacial score (nSPS) is 14.9. The van der Waals surface area contributed by atoms with E-state index in [1.54, 1.807) is 0 Å². The third-order valence-corrected chi connectivity index (χ3v) is 5.17. The van der Waals surface area contributed by atoms with Crippen molar-refractivity contribution in [3.8, 4) is 0 Å². The van der Waals surface area contributed by atoms with Crippen molar-refractivity contribution in [3.63, 3.8) is 0 Å². The van der Waals surface area contributed by atoms with Crippen molar-refractivity contribution in [1.82, 2.24) is 15.0 Å². The fraction of sp³-hybridized carbons (Fsp3) is 0.385. The highest BCUT2D eigenvalue weighted by molar-refractivity contribution is 8.14. The molecule has 2 heterocycles. The molecule has 0 bridgehead atoms. The summed E-state index contributed by atoms with van der Waals surface area (Å²) in [4.78, 5) is 13.0. The van der Waals surface area contributed by atoms with Crippen LogP contribution in [0.25, 0.3) is 11.0 Å². The van der Waals surface area contributed by atoms with Crippen molar-refractivity contribution in [2.24, 2.45) is 4.99 Å². The molecule has 3 rings (SSSR count). The summed E-state index contributed by atoms with van der Waals surface area (Å²) in [6.07, 6.45) is -4.75. The summed E-state index contributed by atoms with van der Waals surface area (Å²) in [5, 5.41) is 3.55. The molecular weight excluding hydrogens is 424 g/mol. The Kier molecular flexibility index (Phi) is 5.48.